The number of carboxylic acid groups (broad SMARTS) is 1. The summed E-state index contributed by atoms with van der Waals surface area (Å²) < 4.78 is 8.44. The molecule has 2 aromatic rings. The monoisotopic (exact) mass is 384 g/mol. The molecule has 5 nitrogen and oxygen atoms in total. The third-order valence-electron chi connectivity index (χ3n) is 2.65. The van der Waals surface area contributed by atoms with Crippen LogP contribution in [0.25, 0.3) is 6.08 Å². The first-order valence-electron chi connectivity index (χ1n) is 5.86. The number of hydrogen-bond acceptors (Lipinski definition) is 3. The Bertz CT molecular complexity index is 677. The van der Waals surface area contributed by atoms with E-state index in [2.05, 4.69) is 27.7 Å². The molecule has 0 radical (unpaired) electrons. The lowest BCUT2D eigenvalue weighted by atomic mass is 10.2. The zero-order valence-corrected chi connectivity index (χ0v) is 13.2. The highest BCUT2D eigenvalue weighted by Crippen LogP contribution is 2.30. The zero-order valence-electron chi connectivity index (χ0n) is 11.0. The number of benzene rings is 1. The summed E-state index contributed by atoms with van der Waals surface area (Å²) >= 11 is 2.18. The predicted molar refractivity (Wildman–Crippen MR) is 83.8 cm³/mol. The lowest BCUT2D eigenvalue weighted by molar-refractivity contribution is -0.131. The normalized spacial score (nSPS) is 10.9. The largest absolute Gasteiger partial charge is 0.478 e. The lowest BCUT2D eigenvalue weighted by Crippen LogP contribution is -1.97. The third kappa shape index (κ3) is 3.19. The number of halogens is 1. The number of aliphatic carboxylic acids is 1. The molecule has 104 valence electrons. The van der Waals surface area contributed by atoms with E-state index in [9.17, 15) is 4.79 Å². The number of carbonyl (C=O) groups is 1. The summed E-state index contributed by atoms with van der Waals surface area (Å²) in [5.74, 6) is 0.221. The molecule has 6 heteroatoms. The maximum absolute atomic E-state index is 10.7. The van der Waals surface area contributed by atoms with E-state index in [-0.39, 0.29) is 0 Å². The Morgan fingerprint density at radius 3 is 2.80 bits per heavy atom. The average Bonchev–Trinajstić information content (AvgIpc) is 2.64. The van der Waals surface area contributed by atoms with Crippen molar-refractivity contribution in [1.29, 1.82) is 0 Å². The SMILES string of the molecule is Cc1nn(C)c(Oc2ccccc2I)c1/C=C/C(=O)O. The average molecular weight is 384 g/mol. The molecule has 0 saturated carbocycles. The van der Waals surface area contributed by atoms with Crippen molar-refractivity contribution in [2.24, 2.45) is 7.05 Å². The maximum atomic E-state index is 10.7. The van der Waals surface area contributed by atoms with Crippen LogP contribution in [0.4, 0.5) is 0 Å². The van der Waals surface area contributed by atoms with Gasteiger partial charge in [0.15, 0.2) is 0 Å². The zero-order chi connectivity index (χ0) is 14.7. The van der Waals surface area contributed by atoms with Gasteiger partial charge in [0.2, 0.25) is 5.88 Å². The molecule has 1 aromatic carbocycles. The Balaban J connectivity index is 2.41. The second-order valence-electron chi connectivity index (χ2n) is 4.13. The fraction of sp³-hybridized carbons (Fsp3) is 0.143. The van der Waals surface area contributed by atoms with Gasteiger partial charge in [0, 0.05) is 13.1 Å². The highest BCUT2D eigenvalue weighted by molar-refractivity contribution is 14.1. The summed E-state index contributed by atoms with van der Waals surface area (Å²) in [5, 5.41) is 13.0. The van der Waals surface area contributed by atoms with Gasteiger partial charge in [0.25, 0.3) is 0 Å². The molecule has 0 aliphatic rings. The molecular weight excluding hydrogens is 371 g/mol. The van der Waals surface area contributed by atoms with Gasteiger partial charge in [-0.2, -0.15) is 5.10 Å². The summed E-state index contributed by atoms with van der Waals surface area (Å²) in [6.07, 6.45) is 2.57. The second-order valence-corrected chi connectivity index (χ2v) is 5.29. The van der Waals surface area contributed by atoms with Gasteiger partial charge >= 0.3 is 5.97 Å². The maximum Gasteiger partial charge on any atom is 0.328 e. The van der Waals surface area contributed by atoms with Crippen molar-refractivity contribution in [3.8, 4) is 11.6 Å². The van der Waals surface area contributed by atoms with E-state index in [1.54, 1.807) is 11.7 Å². The van der Waals surface area contributed by atoms with Crippen LogP contribution in [0.3, 0.4) is 0 Å². The minimum atomic E-state index is -1.01. The molecule has 20 heavy (non-hydrogen) atoms. The minimum Gasteiger partial charge on any atom is -0.478 e. The molecule has 1 aromatic heterocycles. The van der Waals surface area contributed by atoms with Crippen molar-refractivity contribution >= 4 is 34.6 Å². The Kier molecular flexibility index (Phi) is 4.43. The molecule has 0 spiro atoms. The van der Waals surface area contributed by atoms with Crippen molar-refractivity contribution in [2.45, 2.75) is 6.92 Å². The number of carboxylic acids is 1. The van der Waals surface area contributed by atoms with Crippen LogP contribution < -0.4 is 4.74 Å². The van der Waals surface area contributed by atoms with Crippen LogP contribution in [-0.4, -0.2) is 20.9 Å². The number of para-hydroxylation sites is 1. The van der Waals surface area contributed by atoms with Crippen molar-refractivity contribution in [1.82, 2.24) is 9.78 Å². The van der Waals surface area contributed by atoms with E-state index in [0.717, 1.165) is 9.65 Å². The van der Waals surface area contributed by atoms with Gasteiger partial charge in [0.1, 0.15) is 5.75 Å². The highest BCUT2D eigenvalue weighted by atomic mass is 127. The predicted octanol–water partition coefficient (Wildman–Crippen LogP) is 3.22. The van der Waals surface area contributed by atoms with E-state index >= 15 is 0 Å². The number of aromatic nitrogens is 2. The number of rotatable bonds is 4. The van der Waals surface area contributed by atoms with Gasteiger partial charge in [0.05, 0.1) is 14.8 Å². The highest BCUT2D eigenvalue weighted by Gasteiger charge is 2.14. The summed E-state index contributed by atoms with van der Waals surface area (Å²) in [7, 11) is 1.76. The fourth-order valence-corrected chi connectivity index (χ4v) is 2.25. The Morgan fingerprint density at radius 2 is 2.15 bits per heavy atom. The van der Waals surface area contributed by atoms with Crippen LogP contribution in [0, 0.1) is 10.5 Å². The quantitative estimate of drug-likeness (QED) is 0.650. The summed E-state index contributed by atoms with van der Waals surface area (Å²) in [4.78, 5) is 10.7. The molecule has 0 amide bonds. The number of ether oxygens (including phenoxy) is 1. The fourth-order valence-electron chi connectivity index (χ4n) is 1.75. The van der Waals surface area contributed by atoms with Gasteiger partial charge in [-0.3, -0.25) is 0 Å². The van der Waals surface area contributed by atoms with Crippen LogP contribution >= 0.6 is 22.6 Å². The van der Waals surface area contributed by atoms with Crippen molar-refractivity contribution in [2.75, 3.05) is 0 Å². The van der Waals surface area contributed by atoms with Crippen LogP contribution in [0.5, 0.6) is 11.6 Å². The van der Waals surface area contributed by atoms with Crippen LogP contribution in [-0.2, 0) is 11.8 Å². The first-order chi connectivity index (χ1) is 9.49. The summed E-state index contributed by atoms with van der Waals surface area (Å²) in [5.41, 5.74) is 1.38. The van der Waals surface area contributed by atoms with Gasteiger partial charge in [-0.1, -0.05) is 12.1 Å². The molecule has 0 atom stereocenters. The summed E-state index contributed by atoms with van der Waals surface area (Å²) in [6.45, 7) is 1.81. The Labute approximate surface area is 130 Å². The Hall–Kier alpha value is -1.83. The number of aryl methyl sites for hydroxylation is 2. The second kappa shape index (κ2) is 6.08. The number of nitrogens with zero attached hydrogens (tertiary/aromatic N) is 2. The molecule has 0 fully saturated rings. The van der Waals surface area contributed by atoms with Crippen LogP contribution in [0.2, 0.25) is 0 Å². The van der Waals surface area contributed by atoms with Gasteiger partial charge < -0.3 is 9.84 Å². The van der Waals surface area contributed by atoms with Gasteiger partial charge in [-0.25, -0.2) is 9.48 Å². The molecule has 1 heterocycles. The molecule has 1 N–H and O–H groups in total. The van der Waals surface area contributed by atoms with Crippen LogP contribution in [0.15, 0.2) is 30.3 Å². The van der Waals surface area contributed by atoms with E-state index < -0.39 is 5.97 Å². The van der Waals surface area contributed by atoms with E-state index in [4.69, 9.17) is 9.84 Å². The van der Waals surface area contributed by atoms with Crippen LogP contribution in [0.1, 0.15) is 11.3 Å². The van der Waals surface area contributed by atoms with Crippen molar-refractivity contribution < 1.29 is 14.6 Å². The third-order valence-corrected chi connectivity index (χ3v) is 3.54. The van der Waals surface area contributed by atoms with Crippen molar-refractivity contribution in [3.05, 3.63) is 45.2 Å². The molecule has 0 saturated heterocycles. The van der Waals surface area contributed by atoms with E-state index in [1.807, 2.05) is 31.2 Å². The number of hydrogen-bond donors (Lipinski definition) is 1. The van der Waals surface area contributed by atoms with E-state index in [1.165, 1.54) is 6.08 Å². The lowest BCUT2D eigenvalue weighted by Gasteiger charge is -2.08. The first-order valence-corrected chi connectivity index (χ1v) is 6.94. The first kappa shape index (κ1) is 14.6. The smallest absolute Gasteiger partial charge is 0.328 e. The minimum absolute atomic E-state index is 0.518. The Morgan fingerprint density at radius 1 is 1.45 bits per heavy atom. The molecular formula is C14H13IN2O3. The van der Waals surface area contributed by atoms with Crippen molar-refractivity contribution in [3.63, 3.8) is 0 Å². The van der Waals surface area contributed by atoms with E-state index in [0.29, 0.717) is 22.9 Å². The molecule has 0 unspecified atom stereocenters. The molecule has 0 aliphatic carbocycles. The molecule has 0 aliphatic heterocycles. The standard InChI is InChI=1S/C14H13IN2O3/c1-9-10(7-8-13(18)19)14(17(2)16-9)20-12-6-4-3-5-11(12)15/h3-8H,1-2H3,(H,18,19)/b8-7+. The van der Waals surface area contributed by atoms with Gasteiger partial charge in [-0.15, -0.1) is 0 Å². The summed E-state index contributed by atoms with van der Waals surface area (Å²) in [6, 6.07) is 7.60. The van der Waals surface area contributed by atoms with Gasteiger partial charge in [-0.05, 0) is 47.7 Å². The molecule has 0 bridgehead atoms. The topological polar surface area (TPSA) is 64.4 Å². The molecule has 2 rings (SSSR count).